The molecule has 5 nitrogen and oxygen atoms in total. The zero-order valence-corrected chi connectivity index (χ0v) is 16.9. The fourth-order valence-electron chi connectivity index (χ4n) is 2.78. The Labute approximate surface area is 167 Å². The zero-order chi connectivity index (χ0) is 19.6. The van der Waals surface area contributed by atoms with Crippen LogP contribution in [-0.4, -0.2) is 22.2 Å². The quantitative estimate of drug-likeness (QED) is 0.791. The predicted molar refractivity (Wildman–Crippen MR) is 112 cm³/mol. The van der Waals surface area contributed by atoms with Crippen molar-refractivity contribution < 1.29 is 9.59 Å². The number of carbonyl (C=O) groups excluding carboxylic acids is 2. The number of carbonyl (C=O) groups is 2. The Morgan fingerprint density at radius 3 is 2.56 bits per heavy atom. The molecule has 0 bridgehead atoms. The molecule has 1 aliphatic heterocycles. The lowest BCUT2D eigenvalue weighted by Crippen LogP contribution is -2.28. The van der Waals surface area contributed by atoms with Gasteiger partial charge in [-0.3, -0.25) is 9.59 Å². The van der Waals surface area contributed by atoms with E-state index in [2.05, 4.69) is 21.7 Å². The lowest BCUT2D eigenvalue weighted by molar-refractivity contribution is -0.122. The van der Waals surface area contributed by atoms with Crippen molar-refractivity contribution in [1.82, 2.24) is 5.32 Å². The van der Waals surface area contributed by atoms with Crippen molar-refractivity contribution >= 4 is 51.7 Å². The molecular formula is C20H20ClN3O2S. The first-order valence-electron chi connectivity index (χ1n) is 8.50. The number of anilines is 1. The maximum Gasteiger partial charge on any atom is 0.240 e. The molecule has 1 aliphatic rings. The standard InChI is InChI=1S/C20H20ClN3O2S/c1-11-6-12(2)8-15(7-11)23-20-24-19(26)17(27-20)10-18(25)22-14-5-4-13(3)16(21)9-14/h4-9,17H,10H2,1-3H3,(H,22,25)(H,23,24,26)/t17-/m0/s1. The zero-order valence-electron chi connectivity index (χ0n) is 15.3. The summed E-state index contributed by atoms with van der Waals surface area (Å²) in [5.41, 5.74) is 4.55. The van der Waals surface area contributed by atoms with Crippen LogP contribution in [0.3, 0.4) is 0 Å². The molecule has 0 aliphatic carbocycles. The van der Waals surface area contributed by atoms with Crippen LogP contribution in [0.4, 0.5) is 11.4 Å². The minimum atomic E-state index is -0.504. The van der Waals surface area contributed by atoms with Gasteiger partial charge in [-0.15, -0.1) is 0 Å². The van der Waals surface area contributed by atoms with Gasteiger partial charge < -0.3 is 10.6 Å². The number of rotatable bonds is 4. The van der Waals surface area contributed by atoms with Gasteiger partial charge in [-0.2, -0.15) is 0 Å². The van der Waals surface area contributed by atoms with E-state index in [1.165, 1.54) is 11.8 Å². The number of hydrogen-bond acceptors (Lipinski definition) is 4. The van der Waals surface area contributed by atoms with Crippen LogP contribution in [0.5, 0.6) is 0 Å². The third-order valence-corrected chi connectivity index (χ3v) is 5.53. The van der Waals surface area contributed by atoms with Crippen molar-refractivity contribution in [3.8, 4) is 0 Å². The van der Waals surface area contributed by atoms with Gasteiger partial charge in [0.2, 0.25) is 11.8 Å². The van der Waals surface area contributed by atoms with Crippen molar-refractivity contribution in [2.45, 2.75) is 32.4 Å². The number of hydrogen-bond donors (Lipinski definition) is 2. The summed E-state index contributed by atoms with van der Waals surface area (Å²) >= 11 is 7.35. The van der Waals surface area contributed by atoms with Gasteiger partial charge in [0.05, 0.1) is 5.69 Å². The highest BCUT2D eigenvalue weighted by molar-refractivity contribution is 8.15. The molecule has 1 saturated heterocycles. The second kappa shape index (κ2) is 8.15. The average Bonchev–Trinajstić information content (AvgIpc) is 2.89. The Morgan fingerprint density at radius 2 is 1.89 bits per heavy atom. The Morgan fingerprint density at radius 1 is 1.19 bits per heavy atom. The van der Waals surface area contributed by atoms with Crippen LogP contribution in [0.25, 0.3) is 0 Å². The van der Waals surface area contributed by atoms with Crippen LogP contribution in [0.15, 0.2) is 41.4 Å². The third-order valence-electron chi connectivity index (χ3n) is 4.04. The second-order valence-electron chi connectivity index (χ2n) is 6.57. The van der Waals surface area contributed by atoms with E-state index in [0.29, 0.717) is 15.9 Å². The van der Waals surface area contributed by atoms with E-state index in [9.17, 15) is 9.59 Å². The van der Waals surface area contributed by atoms with E-state index in [0.717, 1.165) is 22.4 Å². The van der Waals surface area contributed by atoms with Crippen molar-refractivity contribution in [2.75, 3.05) is 5.32 Å². The first kappa shape index (κ1) is 19.5. The average molecular weight is 402 g/mol. The Kier molecular flexibility index (Phi) is 5.87. The number of nitrogens with one attached hydrogen (secondary N) is 2. The molecule has 2 N–H and O–H groups in total. The van der Waals surface area contributed by atoms with Gasteiger partial charge in [-0.05, 0) is 61.7 Å². The molecule has 140 valence electrons. The summed E-state index contributed by atoms with van der Waals surface area (Å²) in [5, 5.41) is 6.13. The molecule has 0 aromatic heterocycles. The minimum absolute atomic E-state index is 0.0634. The second-order valence-corrected chi connectivity index (χ2v) is 8.17. The maximum atomic E-state index is 12.3. The van der Waals surface area contributed by atoms with Crippen LogP contribution >= 0.6 is 23.4 Å². The van der Waals surface area contributed by atoms with E-state index >= 15 is 0 Å². The molecule has 27 heavy (non-hydrogen) atoms. The van der Waals surface area contributed by atoms with Gasteiger partial charge in [0.1, 0.15) is 5.25 Å². The molecule has 1 fully saturated rings. The Balaban J connectivity index is 1.64. The van der Waals surface area contributed by atoms with Crippen molar-refractivity contribution in [3.63, 3.8) is 0 Å². The lowest BCUT2D eigenvalue weighted by atomic mass is 10.1. The molecule has 2 aromatic carbocycles. The summed E-state index contributed by atoms with van der Waals surface area (Å²) in [5.74, 6) is -0.449. The topological polar surface area (TPSA) is 70.6 Å². The fourth-order valence-corrected chi connectivity index (χ4v) is 3.94. The van der Waals surface area contributed by atoms with Crippen LogP contribution in [0, 0.1) is 20.8 Å². The fraction of sp³-hybridized carbons (Fsp3) is 0.250. The molecule has 3 rings (SSSR count). The summed E-state index contributed by atoms with van der Waals surface area (Å²) in [6.45, 7) is 5.90. The van der Waals surface area contributed by atoms with Crippen molar-refractivity contribution in [1.29, 1.82) is 0 Å². The number of amidine groups is 1. The van der Waals surface area contributed by atoms with E-state index in [4.69, 9.17) is 11.6 Å². The summed E-state index contributed by atoms with van der Waals surface area (Å²) in [6.07, 6.45) is 0.0634. The van der Waals surface area contributed by atoms with Gasteiger partial charge in [-0.1, -0.05) is 35.5 Å². The summed E-state index contributed by atoms with van der Waals surface area (Å²) in [4.78, 5) is 29.0. The molecule has 0 saturated carbocycles. The number of aryl methyl sites for hydroxylation is 3. The van der Waals surface area contributed by atoms with Crippen LogP contribution in [-0.2, 0) is 9.59 Å². The molecule has 2 amide bonds. The van der Waals surface area contributed by atoms with Gasteiger partial charge in [0.25, 0.3) is 0 Å². The van der Waals surface area contributed by atoms with Crippen LogP contribution in [0.2, 0.25) is 5.02 Å². The number of amides is 2. The highest BCUT2D eigenvalue weighted by atomic mass is 35.5. The van der Waals surface area contributed by atoms with Gasteiger partial charge in [0, 0.05) is 17.1 Å². The molecule has 0 unspecified atom stereocenters. The number of nitrogens with zero attached hydrogens (tertiary/aromatic N) is 1. The Bertz CT molecular complexity index is 923. The van der Waals surface area contributed by atoms with Gasteiger partial charge >= 0.3 is 0 Å². The smallest absolute Gasteiger partial charge is 0.240 e. The molecular weight excluding hydrogens is 382 g/mol. The van der Waals surface area contributed by atoms with Crippen molar-refractivity contribution in [2.24, 2.45) is 4.99 Å². The summed E-state index contributed by atoms with van der Waals surface area (Å²) in [7, 11) is 0. The minimum Gasteiger partial charge on any atom is -0.326 e. The number of benzene rings is 2. The SMILES string of the molecule is Cc1cc(C)cc(N=C2NC(=O)[C@H](CC(=O)Nc3ccc(C)c(Cl)c3)S2)c1. The van der Waals surface area contributed by atoms with E-state index in [1.54, 1.807) is 12.1 Å². The monoisotopic (exact) mass is 401 g/mol. The van der Waals surface area contributed by atoms with Crippen LogP contribution in [0.1, 0.15) is 23.1 Å². The van der Waals surface area contributed by atoms with Crippen molar-refractivity contribution in [3.05, 3.63) is 58.1 Å². The normalized spacial score (nSPS) is 17.9. The highest BCUT2D eigenvalue weighted by Crippen LogP contribution is 2.27. The molecule has 1 heterocycles. The predicted octanol–water partition coefficient (Wildman–Crippen LogP) is 4.51. The molecule has 2 aromatic rings. The van der Waals surface area contributed by atoms with E-state index < -0.39 is 5.25 Å². The van der Waals surface area contributed by atoms with Gasteiger partial charge in [0.15, 0.2) is 5.17 Å². The Hall–Kier alpha value is -2.31. The molecule has 7 heteroatoms. The number of halogens is 1. The molecule has 0 spiro atoms. The molecule has 1 atom stereocenters. The first-order chi connectivity index (χ1) is 12.8. The lowest BCUT2D eigenvalue weighted by Gasteiger charge is -2.08. The van der Waals surface area contributed by atoms with Gasteiger partial charge in [-0.25, -0.2) is 4.99 Å². The molecule has 0 radical (unpaired) electrons. The first-order valence-corrected chi connectivity index (χ1v) is 9.76. The summed E-state index contributed by atoms with van der Waals surface area (Å²) in [6, 6.07) is 11.3. The summed E-state index contributed by atoms with van der Waals surface area (Å²) < 4.78 is 0. The van der Waals surface area contributed by atoms with E-state index in [-0.39, 0.29) is 18.2 Å². The number of aliphatic imine (C=N–C) groups is 1. The van der Waals surface area contributed by atoms with E-state index in [1.807, 2.05) is 39.0 Å². The highest BCUT2D eigenvalue weighted by Gasteiger charge is 2.32. The largest absolute Gasteiger partial charge is 0.326 e. The maximum absolute atomic E-state index is 12.3. The van der Waals surface area contributed by atoms with Crippen LogP contribution < -0.4 is 10.6 Å². The number of thioether (sulfide) groups is 1. The third kappa shape index (κ3) is 5.11.